The van der Waals surface area contributed by atoms with Crippen molar-refractivity contribution in [3.63, 3.8) is 0 Å². The van der Waals surface area contributed by atoms with Gasteiger partial charge in [-0.3, -0.25) is 0 Å². The molecular formula is C34H41O8P. The van der Waals surface area contributed by atoms with E-state index in [2.05, 4.69) is 0 Å². The van der Waals surface area contributed by atoms with Gasteiger partial charge in [-0.05, 0) is 0 Å². The van der Waals surface area contributed by atoms with Crippen LogP contribution in [0, 0.1) is 0 Å². The van der Waals surface area contributed by atoms with Crippen molar-refractivity contribution in [2.75, 3.05) is 55.4 Å². The molecule has 0 bridgehead atoms. The number of methoxy groups -OCH3 is 6. The van der Waals surface area contributed by atoms with Gasteiger partial charge in [-0.2, -0.15) is 0 Å². The van der Waals surface area contributed by atoms with E-state index in [0.29, 0.717) is 56.0 Å². The van der Waals surface area contributed by atoms with Crippen LogP contribution >= 0.6 is 6.83 Å². The van der Waals surface area contributed by atoms with Crippen molar-refractivity contribution < 1.29 is 38.1 Å². The number of hydrogen-bond donors (Lipinski definition) is 1. The summed E-state index contributed by atoms with van der Waals surface area (Å²) in [5.74, 6) is 2.95. The quantitative estimate of drug-likeness (QED) is 0.194. The predicted octanol–water partition coefficient (Wildman–Crippen LogP) is 5.25. The third-order valence-electron chi connectivity index (χ3n) is 7.74. The van der Waals surface area contributed by atoms with Gasteiger partial charge in [-0.1, -0.05) is 0 Å². The molecule has 0 saturated heterocycles. The molecule has 230 valence electrons. The second-order valence-corrected chi connectivity index (χ2v) is 14.2. The van der Waals surface area contributed by atoms with E-state index in [1.54, 1.807) is 42.7 Å². The van der Waals surface area contributed by atoms with Crippen LogP contribution in [0.4, 0.5) is 0 Å². The molecule has 1 N–H and O–H groups in total. The summed E-state index contributed by atoms with van der Waals surface area (Å²) < 4.78 is 44.1. The molecule has 1 atom stereocenters. The van der Waals surface area contributed by atoms with Crippen LogP contribution in [0.2, 0.25) is 0 Å². The Morgan fingerprint density at radius 3 is 1.12 bits per heavy atom. The molecule has 4 rings (SSSR count). The molecular weight excluding hydrogens is 567 g/mol. The van der Waals surface area contributed by atoms with Gasteiger partial charge in [0.05, 0.1) is 0 Å². The summed E-state index contributed by atoms with van der Waals surface area (Å²) in [6, 6.07) is 26.2. The summed E-state index contributed by atoms with van der Waals surface area (Å²) >= 11 is 0. The Hall–Kier alpha value is -3.97. The zero-order valence-electron chi connectivity index (χ0n) is 25.8. The van der Waals surface area contributed by atoms with Gasteiger partial charge in [0, 0.05) is 0 Å². The normalized spacial score (nSPS) is 12.9. The maximum atomic E-state index is 12.3. The van der Waals surface area contributed by atoms with Gasteiger partial charge in [0.2, 0.25) is 0 Å². The first-order chi connectivity index (χ1) is 20.9. The summed E-state index contributed by atoms with van der Waals surface area (Å²) in [5, 5.41) is 14.1. The zero-order valence-corrected chi connectivity index (χ0v) is 26.7. The van der Waals surface area contributed by atoms with Crippen molar-refractivity contribution in [2.24, 2.45) is 0 Å². The number of aliphatic hydroxyl groups is 1. The van der Waals surface area contributed by atoms with Gasteiger partial charge in [-0.15, -0.1) is 0 Å². The summed E-state index contributed by atoms with van der Waals surface area (Å²) in [7, 11) is 9.60. The Kier molecular flexibility index (Phi) is 10.1. The third-order valence-corrected chi connectivity index (χ3v) is 13.8. The van der Waals surface area contributed by atoms with Crippen molar-refractivity contribution in [2.45, 2.75) is 13.0 Å². The molecule has 0 spiro atoms. The van der Waals surface area contributed by atoms with Crippen LogP contribution in [0.1, 0.15) is 18.6 Å². The SMILES string of the molecule is CCOP(CC(O)c1ccccc1)(c1c(OC)cccc1OC)(c1c(OC)cccc1OC)c1c(OC)cccc1OC. The van der Waals surface area contributed by atoms with Crippen LogP contribution in [-0.2, 0) is 4.52 Å². The van der Waals surface area contributed by atoms with Gasteiger partial charge < -0.3 is 0 Å². The van der Waals surface area contributed by atoms with E-state index in [4.69, 9.17) is 32.9 Å². The van der Waals surface area contributed by atoms with E-state index in [1.807, 2.05) is 91.9 Å². The van der Waals surface area contributed by atoms with Crippen LogP contribution in [0.5, 0.6) is 34.5 Å². The van der Waals surface area contributed by atoms with Gasteiger partial charge in [0.25, 0.3) is 0 Å². The molecule has 0 radical (unpaired) electrons. The monoisotopic (exact) mass is 608 g/mol. The van der Waals surface area contributed by atoms with E-state index in [-0.39, 0.29) is 12.8 Å². The molecule has 1 unspecified atom stereocenters. The molecule has 4 aromatic carbocycles. The van der Waals surface area contributed by atoms with Crippen LogP contribution in [0.15, 0.2) is 84.9 Å². The fourth-order valence-corrected chi connectivity index (χ4v) is 13.1. The molecule has 0 aliphatic heterocycles. The Bertz CT molecular complexity index is 1320. The Morgan fingerprint density at radius 1 is 0.512 bits per heavy atom. The molecule has 0 saturated carbocycles. The molecule has 0 fully saturated rings. The summed E-state index contributed by atoms with van der Waals surface area (Å²) in [4.78, 5) is 0. The fraction of sp³-hybridized carbons (Fsp3) is 0.294. The standard InChI is InChI=1S/C34H41O8P/c1-8-42-43(23-25(35)24-15-10-9-11-16-24,32-26(36-2)17-12-18-27(32)37-3,33-28(38-4)19-13-20-29(33)39-5)34-30(40-6)21-14-22-31(34)41-7/h9-22,25,35H,8,23H2,1-7H3. The first-order valence-electron chi connectivity index (χ1n) is 13.9. The Labute approximate surface area is 254 Å². The number of rotatable bonds is 14. The molecule has 0 heterocycles. The van der Waals surface area contributed by atoms with E-state index in [0.717, 1.165) is 0 Å². The first-order valence-corrected chi connectivity index (χ1v) is 16.3. The van der Waals surface area contributed by atoms with E-state index < -0.39 is 12.9 Å². The van der Waals surface area contributed by atoms with Crippen molar-refractivity contribution >= 4 is 22.7 Å². The minimum absolute atomic E-state index is 0.0354. The molecule has 0 amide bonds. The average Bonchev–Trinajstić information content (AvgIpc) is 3.07. The van der Waals surface area contributed by atoms with Gasteiger partial charge in [0.1, 0.15) is 0 Å². The summed E-state index contributed by atoms with van der Waals surface area (Å²) in [6.07, 6.45) is -1.00. The average molecular weight is 609 g/mol. The molecule has 0 aromatic heterocycles. The second kappa shape index (κ2) is 13.6. The number of hydrogen-bond acceptors (Lipinski definition) is 8. The minimum atomic E-state index is -4.67. The molecule has 0 aliphatic carbocycles. The van der Waals surface area contributed by atoms with Crippen LogP contribution < -0.4 is 44.3 Å². The summed E-state index contributed by atoms with van der Waals surface area (Å²) in [5.41, 5.74) is 0.702. The number of benzene rings is 4. The molecule has 0 aliphatic rings. The van der Waals surface area contributed by atoms with Gasteiger partial charge >= 0.3 is 254 Å². The van der Waals surface area contributed by atoms with E-state index >= 15 is 0 Å². The third kappa shape index (κ3) is 5.24. The van der Waals surface area contributed by atoms with E-state index in [9.17, 15) is 5.11 Å². The van der Waals surface area contributed by atoms with Gasteiger partial charge in [-0.25, -0.2) is 0 Å². The molecule has 8 nitrogen and oxygen atoms in total. The molecule has 4 aromatic rings. The zero-order chi connectivity index (χ0) is 31.1. The molecule has 43 heavy (non-hydrogen) atoms. The van der Waals surface area contributed by atoms with Crippen molar-refractivity contribution in [3.05, 3.63) is 90.5 Å². The van der Waals surface area contributed by atoms with Crippen molar-refractivity contribution in [3.8, 4) is 34.5 Å². The van der Waals surface area contributed by atoms with Gasteiger partial charge in [0.15, 0.2) is 0 Å². The van der Waals surface area contributed by atoms with E-state index in [1.165, 1.54) is 0 Å². The molecule has 9 heteroatoms. The topological polar surface area (TPSA) is 84.8 Å². The van der Waals surface area contributed by atoms with Crippen LogP contribution in [0.3, 0.4) is 0 Å². The second-order valence-electron chi connectivity index (χ2n) is 9.77. The first kappa shape index (κ1) is 32.0. The number of ether oxygens (including phenoxy) is 6. The summed E-state index contributed by atoms with van der Waals surface area (Å²) in [6.45, 7) is -2.52. The van der Waals surface area contributed by atoms with Crippen LogP contribution in [0.25, 0.3) is 0 Å². The Balaban J connectivity index is 2.47. The predicted molar refractivity (Wildman–Crippen MR) is 172 cm³/mol. The van der Waals surface area contributed by atoms with Crippen molar-refractivity contribution in [1.29, 1.82) is 0 Å². The van der Waals surface area contributed by atoms with Crippen molar-refractivity contribution in [1.82, 2.24) is 0 Å². The maximum absolute atomic E-state index is 12.3. The number of aliphatic hydroxyl groups excluding tert-OH is 1. The van der Waals surface area contributed by atoms with Crippen LogP contribution in [-0.4, -0.2) is 60.5 Å². The Morgan fingerprint density at radius 2 is 0.837 bits per heavy atom. The fourth-order valence-electron chi connectivity index (χ4n) is 6.14.